The van der Waals surface area contributed by atoms with E-state index in [0.29, 0.717) is 0 Å². The number of benzene rings is 1. The van der Waals surface area contributed by atoms with Crippen LogP contribution in [-0.2, 0) is 0 Å². The smallest absolute Gasteiger partial charge is 0.0377 e. The Morgan fingerprint density at radius 1 is 0.846 bits per heavy atom. The first-order valence-electron chi connectivity index (χ1n) is 4.56. The summed E-state index contributed by atoms with van der Waals surface area (Å²) in [5, 5.41) is 3.62. The maximum absolute atomic E-state index is 2.23. The van der Waals surface area contributed by atoms with E-state index in [0.717, 1.165) is 0 Å². The highest BCUT2D eigenvalue weighted by Gasteiger charge is 2.08. The Balaban J connectivity index is 3.02. The number of aryl methyl sites for hydroxylation is 2. The largest absolute Gasteiger partial charge is 0.144 e. The molecule has 2 rings (SSSR count). The van der Waals surface area contributed by atoms with Gasteiger partial charge in [0.2, 0.25) is 0 Å². The summed E-state index contributed by atoms with van der Waals surface area (Å²) in [5.74, 6) is 0. The van der Waals surface area contributed by atoms with E-state index >= 15 is 0 Å². The molecule has 0 unspecified atom stereocenters. The van der Waals surface area contributed by atoms with Crippen molar-refractivity contribution >= 4 is 21.4 Å². The van der Waals surface area contributed by atoms with Gasteiger partial charge in [-0.25, -0.2) is 0 Å². The molecule has 0 radical (unpaired) electrons. The molecular formula is C12H14S. The van der Waals surface area contributed by atoms with Gasteiger partial charge >= 0.3 is 0 Å². The minimum atomic E-state index is 1.44. The number of rotatable bonds is 0. The molecule has 0 saturated heterocycles. The standard InChI is InChI=1S/C12H14S/c1-7-8(2)10(4)12-11(9(7)3)5-6-13-12/h5-6H,1-4H3. The molecule has 1 aromatic heterocycles. The van der Waals surface area contributed by atoms with Gasteiger partial charge in [-0.3, -0.25) is 0 Å². The molecular weight excluding hydrogens is 176 g/mol. The molecule has 1 heteroatoms. The molecule has 68 valence electrons. The van der Waals surface area contributed by atoms with Crippen LogP contribution in [0.25, 0.3) is 10.1 Å². The topological polar surface area (TPSA) is 0 Å². The first-order chi connectivity index (χ1) is 6.13. The SMILES string of the molecule is Cc1c(C)c(C)c2sccc2c1C. The van der Waals surface area contributed by atoms with Crippen molar-refractivity contribution in [2.24, 2.45) is 0 Å². The maximum atomic E-state index is 2.23. The van der Waals surface area contributed by atoms with Crippen molar-refractivity contribution < 1.29 is 0 Å². The summed E-state index contributed by atoms with van der Waals surface area (Å²) in [5.41, 5.74) is 5.79. The molecule has 1 heterocycles. The van der Waals surface area contributed by atoms with Crippen LogP contribution >= 0.6 is 11.3 Å². The predicted molar refractivity (Wildman–Crippen MR) is 60.8 cm³/mol. The lowest BCUT2D eigenvalue weighted by Gasteiger charge is -2.10. The van der Waals surface area contributed by atoms with Crippen LogP contribution in [0.1, 0.15) is 22.3 Å². The zero-order valence-electron chi connectivity index (χ0n) is 8.56. The third-order valence-corrected chi connectivity index (χ3v) is 4.13. The Morgan fingerprint density at radius 3 is 2.15 bits per heavy atom. The van der Waals surface area contributed by atoms with Gasteiger partial charge in [-0.05, 0) is 66.8 Å². The predicted octanol–water partition coefficient (Wildman–Crippen LogP) is 4.13. The lowest BCUT2D eigenvalue weighted by atomic mass is 9.97. The summed E-state index contributed by atoms with van der Waals surface area (Å²) in [6.45, 7) is 8.88. The molecule has 0 spiro atoms. The lowest BCUT2D eigenvalue weighted by molar-refractivity contribution is 1.26. The molecule has 0 N–H and O–H groups in total. The van der Waals surface area contributed by atoms with Crippen molar-refractivity contribution in [3.63, 3.8) is 0 Å². The van der Waals surface area contributed by atoms with E-state index in [9.17, 15) is 0 Å². The molecule has 1 aromatic carbocycles. The van der Waals surface area contributed by atoms with Crippen molar-refractivity contribution in [2.45, 2.75) is 27.7 Å². The van der Waals surface area contributed by atoms with Gasteiger partial charge in [0.1, 0.15) is 0 Å². The molecule has 13 heavy (non-hydrogen) atoms. The van der Waals surface area contributed by atoms with Gasteiger partial charge in [-0.15, -0.1) is 11.3 Å². The summed E-state index contributed by atoms with van der Waals surface area (Å²) in [7, 11) is 0. The van der Waals surface area contributed by atoms with E-state index in [1.54, 1.807) is 0 Å². The molecule has 0 nitrogen and oxygen atoms in total. The van der Waals surface area contributed by atoms with Gasteiger partial charge in [-0.2, -0.15) is 0 Å². The summed E-state index contributed by atoms with van der Waals surface area (Å²) < 4.78 is 1.46. The first kappa shape index (κ1) is 8.76. The highest BCUT2D eigenvalue weighted by molar-refractivity contribution is 7.17. The second kappa shape index (κ2) is 2.85. The first-order valence-corrected chi connectivity index (χ1v) is 5.44. The van der Waals surface area contributed by atoms with Crippen LogP contribution in [0.2, 0.25) is 0 Å². The van der Waals surface area contributed by atoms with Crippen LogP contribution in [-0.4, -0.2) is 0 Å². The number of fused-ring (bicyclic) bond motifs is 1. The van der Waals surface area contributed by atoms with Gasteiger partial charge in [-0.1, -0.05) is 0 Å². The molecule has 0 fully saturated rings. The average Bonchev–Trinajstić information content (AvgIpc) is 2.59. The zero-order valence-corrected chi connectivity index (χ0v) is 9.38. The highest BCUT2D eigenvalue weighted by atomic mass is 32.1. The summed E-state index contributed by atoms with van der Waals surface area (Å²) in [6.07, 6.45) is 0. The van der Waals surface area contributed by atoms with Crippen molar-refractivity contribution in [1.29, 1.82) is 0 Å². The maximum Gasteiger partial charge on any atom is 0.0377 e. The fourth-order valence-electron chi connectivity index (χ4n) is 1.83. The van der Waals surface area contributed by atoms with Gasteiger partial charge in [0.05, 0.1) is 0 Å². The lowest BCUT2D eigenvalue weighted by Crippen LogP contribution is -1.90. The number of thiophene rings is 1. The van der Waals surface area contributed by atoms with E-state index < -0.39 is 0 Å². The molecule has 0 aliphatic heterocycles. The van der Waals surface area contributed by atoms with Crippen LogP contribution in [0.3, 0.4) is 0 Å². The molecule has 0 atom stereocenters. The molecule has 0 saturated carbocycles. The molecule has 0 bridgehead atoms. The van der Waals surface area contributed by atoms with E-state index in [-0.39, 0.29) is 0 Å². The molecule has 0 aliphatic carbocycles. The monoisotopic (exact) mass is 190 g/mol. The Morgan fingerprint density at radius 2 is 1.46 bits per heavy atom. The molecule has 2 aromatic rings. The van der Waals surface area contributed by atoms with E-state index in [4.69, 9.17) is 0 Å². The van der Waals surface area contributed by atoms with Crippen molar-refractivity contribution in [2.75, 3.05) is 0 Å². The normalized spacial score (nSPS) is 11.1. The summed E-state index contributed by atoms with van der Waals surface area (Å²) in [4.78, 5) is 0. The van der Waals surface area contributed by atoms with E-state index in [1.165, 1.54) is 32.3 Å². The minimum absolute atomic E-state index is 1.44. The average molecular weight is 190 g/mol. The van der Waals surface area contributed by atoms with E-state index in [1.807, 2.05) is 11.3 Å². The van der Waals surface area contributed by atoms with Crippen LogP contribution in [0.15, 0.2) is 11.4 Å². The van der Waals surface area contributed by atoms with E-state index in [2.05, 4.69) is 39.1 Å². The van der Waals surface area contributed by atoms with Crippen molar-refractivity contribution in [3.8, 4) is 0 Å². The van der Waals surface area contributed by atoms with Gasteiger partial charge in [0.25, 0.3) is 0 Å². The highest BCUT2D eigenvalue weighted by Crippen LogP contribution is 2.32. The van der Waals surface area contributed by atoms with Crippen molar-refractivity contribution in [3.05, 3.63) is 33.7 Å². The van der Waals surface area contributed by atoms with Gasteiger partial charge in [0.15, 0.2) is 0 Å². The Kier molecular flexibility index (Phi) is 1.92. The summed E-state index contributed by atoms with van der Waals surface area (Å²) in [6, 6.07) is 2.23. The Hall–Kier alpha value is -0.820. The summed E-state index contributed by atoms with van der Waals surface area (Å²) >= 11 is 1.85. The van der Waals surface area contributed by atoms with Crippen LogP contribution in [0.5, 0.6) is 0 Å². The Labute approximate surface area is 83.2 Å². The van der Waals surface area contributed by atoms with Gasteiger partial charge < -0.3 is 0 Å². The van der Waals surface area contributed by atoms with Crippen LogP contribution < -0.4 is 0 Å². The zero-order chi connectivity index (χ0) is 9.59. The fraction of sp³-hybridized carbons (Fsp3) is 0.333. The minimum Gasteiger partial charge on any atom is -0.144 e. The molecule has 0 aliphatic rings. The number of hydrogen-bond donors (Lipinski definition) is 0. The second-order valence-electron chi connectivity index (χ2n) is 3.66. The second-order valence-corrected chi connectivity index (χ2v) is 4.58. The third-order valence-electron chi connectivity index (χ3n) is 3.10. The number of hydrogen-bond acceptors (Lipinski definition) is 1. The van der Waals surface area contributed by atoms with Crippen LogP contribution in [0, 0.1) is 27.7 Å². The third kappa shape index (κ3) is 1.11. The fourth-order valence-corrected chi connectivity index (χ4v) is 2.85. The Bertz CT molecular complexity index is 421. The van der Waals surface area contributed by atoms with Crippen molar-refractivity contribution in [1.82, 2.24) is 0 Å². The quantitative estimate of drug-likeness (QED) is 0.586. The van der Waals surface area contributed by atoms with Gasteiger partial charge in [0, 0.05) is 4.70 Å². The molecule has 0 amide bonds. The van der Waals surface area contributed by atoms with Crippen LogP contribution in [0.4, 0.5) is 0 Å².